The molecule has 0 spiro atoms. The van der Waals surface area contributed by atoms with Crippen molar-refractivity contribution < 1.29 is 17.7 Å². The summed E-state index contributed by atoms with van der Waals surface area (Å²) in [5.41, 5.74) is 0.978. The molecule has 1 atom stereocenters. The molecule has 0 radical (unpaired) electrons. The first-order chi connectivity index (χ1) is 11.4. The molecule has 1 aliphatic rings. The summed E-state index contributed by atoms with van der Waals surface area (Å²) < 4.78 is 31.8. The maximum Gasteiger partial charge on any atom is 0.244 e. The van der Waals surface area contributed by atoms with Gasteiger partial charge in [-0.25, -0.2) is 8.42 Å². The number of aryl methyl sites for hydroxylation is 2. The molecule has 0 aliphatic carbocycles. The molecular formula is C16H19N3O4S. The Balaban J connectivity index is 1.81. The molecule has 0 saturated carbocycles. The fourth-order valence-corrected chi connectivity index (χ4v) is 4.43. The summed E-state index contributed by atoms with van der Waals surface area (Å²) in [4.78, 5) is 12.7. The second kappa shape index (κ2) is 6.37. The quantitative estimate of drug-likeness (QED) is 0.912. The van der Waals surface area contributed by atoms with Gasteiger partial charge in [-0.3, -0.25) is 4.79 Å². The first kappa shape index (κ1) is 16.7. The molecule has 1 fully saturated rings. The topological polar surface area (TPSA) is 92.5 Å². The lowest BCUT2D eigenvalue weighted by Crippen LogP contribution is -2.43. The van der Waals surface area contributed by atoms with Gasteiger partial charge in [-0.05, 0) is 38.8 Å². The van der Waals surface area contributed by atoms with Crippen LogP contribution in [0, 0.1) is 13.8 Å². The number of carbonyl (C=O) groups excluding carboxylic acids is 1. The van der Waals surface area contributed by atoms with Crippen molar-refractivity contribution in [1.82, 2.24) is 9.46 Å². The monoisotopic (exact) mass is 349 g/mol. The first-order valence-electron chi connectivity index (χ1n) is 7.70. The van der Waals surface area contributed by atoms with Crippen molar-refractivity contribution in [2.24, 2.45) is 0 Å². The predicted molar refractivity (Wildman–Crippen MR) is 88.0 cm³/mol. The summed E-state index contributed by atoms with van der Waals surface area (Å²) in [5.74, 6) is 0.467. The van der Waals surface area contributed by atoms with Crippen LogP contribution in [0.5, 0.6) is 0 Å². The molecule has 3 rings (SSSR count). The van der Waals surface area contributed by atoms with Crippen LogP contribution in [-0.2, 0) is 14.8 Å². The van der Waals surface area contributed by atoms with Crippen molar-refractivity contribution in [2.75, 3.05) is 11.9 Å². The molecule has 1 aromatic carbocycles. The smallest absolute Gasteiger partial charge is 0.244 e. The summed E-state index contributed by atoms with van der Waals surface area (Å²) >= 11 is 0. The summed E-state index contributed by atoms with van der Waals surface area (Å²) in [6.07, 6.45) is 1.12. The van der Waals surface area contributed by atoms with Crippen LogP contribution in [0.2, 0.25) is 0 Å². The van der Waals surface area contributed by atoms with Gasteiger partial charge in [0.05, 0.1) is 4.90 Å². The van der Waals surface area contributed by atoms with Gasteiger partial charge in [0.25, 0.3) is 0 Å². The lowest BCUT2D eigenvalue weighted by molar-refractivity contribution is -0.119. The van der Waals surface area contributed by atoms with E-state index in [-0.39, 0.29) is 10.7 Å². The lowest BCUT2D eigenvalue weighted by atomic mass is 10.2. The SMILES string of the molecule is Cc1ccc(S(=O)(=O)N2CCC[C@H]2C(=O)Nc2cc(C)on2)cc1. The van der Waals surface area contributed by atoms with Gasteiger partial charge < -0.3 is 9.84 Å². The molecule has 128 valence electrons. The van der Waals surface area contributed by atoms with E-state index in [1.54, 1.807) is 37.3 Å². The molecule has 24 heavy (non-hydrogen) atoms. The highest BCUT2D eigenvalue weighted by Gasteiger charge is 2.39. The second-order valence-corrected chi connectivity index (χ2v) is 7.79. The van der Waals surface area contributed by atoms with Crippen LogP contribution in [0.1, 0.15) is 24.2 Å². The van der Waals surface area contributed by atoms with E-state index in [0.29, 0.717) is 25.1 Å². The summed E-state index contributed by atoms with van der Waals surface area (Å²) in [6, 6.07) is 7.48. The van der Waals surface area contributed by atoms with Crippen LogP contribution in [0.25, 0.3) is 0 Å². The molecule has 1 N–H and O–H groups in total. The zero-order valence-corrected chi connectivity index (χ0v) is 14.3. The molecule has 2 heterocycles. The molecular weight excluding hydrogens is 330 g/mol. The number of amides is 1. The fourth-order valence-electron chi connectivity index (χ4n) is 2.77. The van der Waals surface area contributed by atoms with Gasteiger partial charge in [-0.15, -0.1) is 0 Å². The molecule has 1 aliphatic heterocycles. The van der Waals surface area contributed by atoms with E-state index in [9.17, 15) is 13.2 Å². The van der Waals surface area contributed by atoms with Crippen molar-refractivity contribution >= 4 is 21.7 Å². The van der Waals surface area contributed by atoms with Crippen molar-refractivity contribution in [1.29, 1.82) is 0 Å². The van der Waals surface area contributed by atoms with Gasteiger partial charge in [-0.2, -0.15) is 4.31 Å². The van der Waals surface area contributed by atoms with Crippen LogP contribution < -0.4 is 5.32 Å². The first-order valence-corrected chi connectivity index (χ1v) is 9.14. The molecule has 0 unspecified atom stereocenters. The second-order valence-electron chi connectivity index (χ2n) is 5.90. The molecule has 1 amide bonds. The maximum absolute atomic E-state index is 12.8. The van der Waals surface area contributed by atoms with Gasteiger partial charge in [0, 0.05) is 12.6 Å². The van der Waals surface area contributed by atoms with E-state index in [0.717, 1.165) is 5.56 Å². The number of hydrogen-bond acceptors (Lipinski definition) is 5. The van der Waals surface area contributed by atoms with Gasteiger partial charge in [-0.1, -0.05) is 22.9 Å². The molecule has 1 aromatic heterocycles. The molecule has 2 aromatic rings. The number of sulfonamides is 1. The van der Waals surface area contributed by atoms with Crippen molar-refractivity contribution in [3.63, 3.8) is 0 Å². The van der Waals surface area contributed by atoms with Crippen LogP contribution in [0.15, 0.2) is 39.8 Å². The standard InChI is InChI=1S/C16H19N3O4S/c1-11-5-7-13(8-6-11)24(21,22)19-9-3-4-14(19)16(20)17-15-10-12(2)23-18-15/h5-8,10,14H,3-4,9H2,1-2H3,(H,17,18,20)/t14-/m0/s1. The summed E-state index contributed by atoms with van der Waals surface area (Å²) in [5, 5.41) is 6.32. The normalized spacial score (nSPS) is 18.7. The van der Waals surface area contributed by atoms with E-state index in [1.165, 1.54) is 4.31 Å². The van der Waals surface area contributed by atoms with Crippen molar-refractivity contribution in [3.8, 4) is 0 Å². The van der Waals surface area contributed by atoms with Crippen molar-refractivity contribution in [3.05, 3.63) is 41.7 Å². The van der Waals surface area contributed by atoms with E-state index in [1.807, 2.05) is 6.92 Å². The Morgan fingerprint density at radius 1 is 1.29 bits per heavy atom. The van der Waals surface area contributed by atoms with Gasteiger partial charge in [0.15, 0.2) is 5.82 Å². The van der Waals surface area contributed by atoms with Gasteiger partial charge in [0.2, 0.25) is 15.9 Å². The number of rotatable bonds is 4. The Labute approximate surface area is 140 Å². The average Bonchev–Trinajstić information content (AvgIpc) is 3.17. The van der Waals surface area contributed by atoms with Crippen LogP contribution in [-0.4, -0.2) is 36.4 Å². The summed E-state index contributed by atoms with van der Waals surface area (Å²) in [7, 11) is -3.71. The number of anilines is 1. The number of benzene rings is 1. The van der Waals surface area contributed by atoms with E-state index in [2.05, 4.69) is 10.5 Å². The average molecular weight is 349 g/mol. The Morgan fingerprint density at radius 2 is 2.00 bits per heavy atom. The largest absolute Gasteiger partial charge is 0.360 e. The third kappa shape index (κ3) is 3.20. The molecule has 8 heteroatoms. The van der Waals surface area contributed by atoms with E-state index >= 15 is 0 Å². The highest BCUT2D eigenvalue weighted by molar-refractivity contribution is 7.89. The van der Waals surface area contributed by atoms with Gasteiger partial charge >= 0.3 is 0 Å². The Morgan fingerprint density at radius 3 is 2.62 bits per heavy atom. The number of nitrogens with one attached hydrogen (secondary N) is 1. The Kier molecular flexibility index (Phi) is 4.42. The number of aromatic nitrogens is 1. The molecule has 0 bridgehead atoms. The zero-order chi connectivity index (χ0) is 17.3. The molecule has 1 saturated heterocycles. The number of nitrogens with zero attached hydrogens (tertiary/aromatic N) is 2. The highest BCUT2D eigenvalue weighted by Crippen LogP contribution is 2.27. The highest BCUT2D eigenvalue weighted by atomic mass is 32.2. The number of carbonyl (C=O) groups is 1. The summed E-state index contributed by atoms with van der Waals surface area (Å²) in [6.45, 7) is 3.93. The number of hydrogen-bond donors (Lipinski definition) is 1. The Bertz CT molecular complexity index is 842. The predicted octanol–water partition coefficient (Wildman–Crippen LogP) is 2.08. The van der Waals surface area contributed by atoms with Crippen LogP contribution >= 0.6 is 0 Å². The van der Waals surface area contributed by atoms with E-state index in [4.69, 9.17) is 4.52 Å². The minimum absolute atomic E-state index is 0.199. The third-order valence-corrected chi connectivity index (χ3v) is 5.94. The molecule has 7 nitrogen and oxygen atoms in total. The van der Waals surface area contributed by atoms with Crippen LogP contribution in [0.4, 0.5) is 5.82 Å². The minimum atomic E-state index is -3.71. The third-order valence-electron chi connectivity index (χ3n) is 4.01. The lowest BCUT2D eigenvalue weighted by Gasteiger charge is -2.23. The maximum atomic E-state index is 12.8. The minimum Gasteiger partial charge on any atom is -0.360 e. The van der Waals surface area contributed by atoms with E-state index < -0.39 is 22.0 Å². The fraction of sp³-hybridized carbons (Fsp3) is 0.375. The Hall–Kier alpha value is -2.19. The van der Waals surface area contributed by atoms with Crippen LogP contribution in [0.3, 0.4) is 0 Å². The van der Waals surface area contributed by atoms with Crippen molar-refractivity contribution in [2.45, 2.75) is 37.6 Å². The zero-order valence-electron chi connectivity index (χ0n) is 13.5. The van der Waals surface area contributed by atoms with Gasteiger partial charge in [0.1, 0.15) is 11.8 Å².